The summed E-state index contributed by atoms with van der Waals surface area (Å²) in [6, 6.07) is 7.22. The third-order valence-corrected chi connectivity index (χ3v) is 4.89. The van der Waals surface area contributed by atoms with Gasteiger partial charge in [-0.25, -0.2) is 0 Å². The summed E-state index contributed by atoms with van der Waals surface area (Å²) < 4.78 is 12.3. The van der Waals surface area contributed by atoms with Crippen LogP contribution < -0.4 is 0 Å². The number of amides is 1. The number of carbonyl (C=O) groups excluding carboxylic acids is 1. The van der Waals surface area contributed by atoms with E-state index in [9.17, 15) is 4.79 Å². The number of piperidine rings is 1. The molecule has 0 saturated carbocycles. The molecule has 28 heavy (non-hydrogen) atoms. The van der Waals surface area contributed by atoms with E-state index in [1.807, 2.05) is 29.2 Å². The summed E-state index contributed by atoms with van der Waals surface area (Å²) in [5.74, 6) is 1.02. The Bertz CT molecular complexity index is 923. The lowest BCUT2D eigenvalue weighted by atomic mass is 10.00. The summed E-state index contributed by atoms with van der Waals surface area (Å²) in [6.45, 7) is 1.17. The van der Waals surface area contributed by atoms with Crippen molar-refractivity contribution in [3.05, 3.63) is 54.2 Å². The van der Waals surface area contributed by atoms with Crippen LogP contribution in [-0.2, 0) is 11.2 Å². The molecule has 0 N–H and O–H groups in total. The molecule has 0 unspecified atom stereocenters. The van der Waals surface area contributed by atoms with Crippen molar-refractivity contribution in [2.75, 3.05) is 20.3 Å². The molecule has 9 nitrogen and oxygen atoms in total. The van der Waals surface area contributed by atoms with E-state index in [1.165, 1.54) is 0 Å². The van der Waals surface area contributed by atoms with Gasteiger partial charge in [0.2, 0.25) is 5.89 Å². The Morgan fingerprint density at radius 2 is 2.07 bits per heavy atom. The van der Waals surface area contributed by atoms with E-state index in [2.05, 4.69) is 20.3 Å². The number of likely N-dealkylation sites (tertiary alicyclic amines) is 1. The molecule has 0 aliphatic carbocycles. The summed E-state index contributed by atoms with van der Waals surface area (Å²) in [6.07, 6.45) is 6.50. The van der Waals surface area contributed by atoms with Crippen molar-refractivity contribution >= 4 is 5.91 Å². The number of benzene rings is 1. The van der Waals surface area contributed by atoms with Gasteiger partial charge in [-0.15, -0.1) is 10.2 Å². The van der Waals surface area contributed by atoms with Gasteiger partial charge in [0.25, 0.3) is 5.91 Å². The molecule has 146 valence electrons. The highest BCUT2D eigenvalue weighted by Crippen LogP contribution is 2.32. The number of methoxy groups -OCH3 is 1. The first-order valence-electron chi connectivity index (χ1n) is 9.34. The minimum atomic E-state index is -0.223. The molecular formula is C19H22N6O3. The van der Waals surface area contributed by atoms with Crippen LogP contribution in [0.3, 0.4) is 0 Å². The first-order valence-corrected chi connectivity index (χ1v) is 9.34. The summed E-state index contributed by atoms with van der Waals surface area (Å²) in [5, 5.41) is 11.7. The van der Waals surface area contributed by atoms with Gasteiger partial charge < -0.3 is 14.2 Å². The molecule has 0 bridgehead atoms. The number of carbonyl (C=O) groups is 1. The number of para-hydroxylation sites is 1. The largest absolute Gasteiger partial charge is 0.384 e. The minimum Gasteiger partial charge on any atom is -0.384 e. The van der Waals surface area contributed by atoms with Gasteiger partial charge in [0.15, 0.2) is 5.82 Å². The van der Waals surface area contributed by atoms with Crippen LogP contribution in [0, 0.1) is 0 Å². The van der Waals surface area contributed by atoms with Gasteiger partial charge in [-0.3, -0.25) is 9.36 Å². The molecule has 2 aromatic heterocycles. The van der Waals surface area contributed by atoms with Crippen LogP contribution in [0.1, 0.15) is 47.4 Å². The molecule has 1 aromatic carbocycles. The average Bonchev–Trinajstić information content (AvgIpc) is 3.44. The number of hydrogen-bond donors (Lipinski definition) is 0. The molecule has 3 heterocycles. The fourth-order valence-corrected chi connectivity index (χ4v) is 3.49. The summed E-state index contributed by atoms with van der Waals surface area (Å²) in [5.41, 5.74) is 1.33. The quantitative estimate of drug-likeness (QED) is 0.644. The maximum Gasteiger partial charge on any atom is 0.256 e. The van der Waals surface area contributed by atoms with Gasteiger partial charge in [-0.05, 0) is 31.4 Å². The lowest BCUT2D eigenvalue weighted by molar-refractivity contribution is 0.0561. The maximum absolute atomic E-state index is 13.4. The Hall–Kier alpha value is -3.07. The second-order valence-electron chi connectivity index (χ2n) is 6.69. The molecule has 9 heteroatoms. The number of hydrogen-bond acceptors (Lipinski definition) is 7. The van der Waals surface area contributed by atoms with Crippen LogP contribution in [0.2, 0.25) is 0 Å². The summed E-state index contributed by atoms with van der Waals surface area (Å²) in [7, 11) is 1.63. The molecule has 3 aromatic rings. The van der Waals surface area contributed by atoms with Crippen molar-refractivity contribution in [2.45, 2.75) is 31.7 Å². The molecule has 4 rings (SSSR count). The van der Waals surface area contributed by atoms with Crippen LogP contribution >= 0.6 is 0 Å². The molecule has 1 aliphatic heterocycles. The lowest BCUT2D eigenvalue weighted by Crippen LogP contribution is -2.39. The zero-order valence-corrected chi connectivity index (χ0v) is 15.7. The third kappa shape index (κ3) is 3.65. The Morgan fingerprint density at radius 3 is 2.89 bits per heavy atom. The second-order valence-corrected chi connectivity index (χ2v) is 6.69. The highest BCUT2D eigenvalue weighted by molar-refractivity contribution is 5.98. The normalized spacial score (nSPS) is 17.0. The van der Waals surface area contributed by atoms with Gasteiger partial charge in [-0.1, -0.05) is 17.3 Å². The summed E-state index contributed by atoms with van der Waals surface area (Å²) >= 11 is 0. The standard InChI is InChI=1S/C19H22N6O3/c1-27-11-9-17-22-18(28-23-17)16-8-4-5-10-25(16)19(26)14-6-2-3-7-15(14)24-12-20-21-13-24/h2-3,6-7,12-13,16H,4-5,8-11H2,1H3/t16-/m1/s1. The van der Waals surface area contributed by atoms with Crippen molar-refractivity contribution in [1.29, 1.82) is 0 Å². The number of aromatic nitrogens is 5. The molecule has 1 fully saturated rings. The smallest absolute Gasteiger partial charge is 0.256 e. The average molecular weight is 382 g/mol. The molecule has 1 aliphatic rings. The third-order valence-electron chi connectivity index (χ3n) is 4.89. The Kier molecular flexibility index (Phi) is 5.43. The maximum atomic E-state index is 13.4. The van der Waals surface area contributed by atoms with Crippen LogP contribution in [-0.4, -0.2) is 56.0 Å². The highest BCUT2D eigenvalue weighted by atomic mass is 16.5. The Morgan fingerprint density at radius 1 is 1.25 bits per heavy atom. The van der Waals surface area contributed by atoms with Gasteiger partial charge in [0, 0.05) is 20.1 Å². The molecule has 1 saturated heterocycles. The topological polar surface area (TPSA) is 99.2 Å². The van der Waals surface area contributed by atoms with Crippen LogP contribution in [0.25, 0.3) is 5.69 Å². The molecular weight excluding hydrogens is 360 g/mol. The van der Waals surface area contributed by atoms with Crippen LogP contribution in [0.4, 0.5) is 0 Å². The fraction of sp³-hybridized carbons (Fsp3) is 0.421. The Balaban J connectivity index is 1.62. The Labute approximate surface area is 162 Å². The van der Waals surface area contributed by atoms with E-state index in [0.717, 1.165) is 24.9 Å². The van der Waals surface area contributed by atoms with Crippen LogP contribution in [0.15, 0.2) is 41.4 Å². The van der Waals surface area contributed by atoms with E-state index >= 15 is 0 Å². The van der Waals surface area contributed by atoms with Gasteiger partial charge in [0.05, 0.1) is 17.9 Å². The fourth-order valence-electron chi connectivity index (χ4n) is 3.49. The van der Waals surface area contributed by atoms with Gasteiger partial charge in [-0.2, -0.15) is 4.98 Å². The predicted molar refractivity (Wildman–Crippen MR) is 98.9 cm³/mol. The van der Waals surface area contributed by atoms with Crippen molar-refractivity contribution in [1.82, 2.24) is 29.8 Å². The van der Waals surface area contributed by atoms with Crippen molar-refractivity contribution in [3.63, 3.8) is 0 Å². The lowest BCUT2D eigenvalue weighted by Gasteiger charge is -2.33. The molecule has 1 amide bonds. The van der Waals surface area contributed by atoms with E-state index in [4.69, 9.17) is 9.26 Å². The second kappa shape index (κ2) is 8.30. The minimum absolute atomic E-state index is 0.0642. The van der Waals surface area contributed by atoms with Crippen LogP contribution in [0.5, 0.6) is 0 Å². The highest BCUT2D eigenvalue weighted by Gasteiger charge is 2.33. The predicted octanol–water partition coefficient (Wildman–Crippen LogP) is 2.21. The zero-order chi connectivity index (χ0) is 19.3. The molecule has 1 atom stereocenters. The monoisotopic (exact) mass is 382 g/mol. The zero-order valence-electron chi connectivity index (χ0n) is 15.7. The number of nitrogens with zero attached hydrogens (tertiary/aromatic N) is 6. The summed E-state index contributed by atoms with van der Waals surface area (Å²) in [4.78, 5) is 19.8. The first-order chi connectivity index (χ1) is 13.8. The first kappa shape index (κ1) is 18.3. The van der Waals surface area contributed by atoms with Gasteiger partial charge >= 0.3 is 0 Å². The van der Waals surface area contributed by atoms with E-state index in [1.54, 1.807) is 24.3 Å². The van der Waals surface area contributed by atoms with Crippen molar-refractivity contribution < 1.29 is 14.1 Å². The number of ether oxygens (including phenoxy) is 1. The van der Waals surface area contributed by atoms with Crippen molar-refractivity contribution in [2.24, 2.45) is 0 Å². The van der Waals surface area contributed by atoms with Gasteiger partial charge in [0.1, 0.15) is 18.7 Å². The number of rotatable bonds is 6. The SMILES string of the molecule is COCCc1noc([C@H]2CCCCN2C(=O)c2ccccc2-n2cnnc2)n1. The van der Waals surface area contributed by atoms with Crippen molar-refractivity contribution in [3.8, 4) is 5.69 Å². The van der Waals surface area contributed by atoms with E-state index in [-0.39, 0.29) is 11.9 Å². The molecule has 0 spiro atoms. The molecule has 0 radical (unpaired) electrons. The van der Waals surface area contributed by atoms with E-state index in [0.29, 0.717) is 36.9 Å². The van der Waals surface area contributed by atoms with E-state index < -0.39 is 0 Å².